The molecule has 0 bridgehead atoms. The fourth-order valence-electron chi connectivity index (χ4n) is 0.316. The molecule has 0 aromatic carbocycles. The third kappa shape index (κ3) is 6.04. The van der Waals surface area contributed by atoms with E-state index in [1.807, 2.05) is 6.08 Å². The largest absolute Gasteiger partial charge is 0.114 e. The highest BCUT2D eigenvalue weighted by Gasteiger charge is 1.85. The van der Waals surface area contributed by atoms with Crippen LogP contribution in [-0.4, -0.2) is 25.8 Å². The lowest BCUT2D eigenvalue weighted by Crippen LogP contribution is -1.72. The molecular weight excluding hydrogens is 103 g/mol. The second-order valence-electron chi connectivity index (χ2n) is 2.50. The van der Waals surface area contributed by atoms with Gasteiger partial charge in [0.05, 0.1) is 0 Å². The van der Waals surface area contributed by atoms with Gasteiger partial charge in [0.1, 0.15) is 0 Å². The van der Waals surface area contributed by atoms with Crippen LogP contribution in [-0.2, 0) is 0 Å². The van der Waals surface area contributed by atoms with E-state index in [0.717, 1.165) is 0 Å². The van der Waals surface area contributed by atoms with E-state index in [2.05, 4.69) is 32.4 Å². The molecule has 0 nitrogen and oxygen atoms in total. The van der Waals surface area contributed by atoms with E-state index < -0.39 is 6.89 Å². The molecule has 1 heteroatoms. The van der Waals surface area contributed by atoms with Crippen LogP contribution >= 0.6 is 6.89 Å². The third-order valence-corrected chi connectivity index (χ3v) is 1.66. The molecule has 0 radical (unpaired) electrons. The molecule has 0 aliphatic heterocycles. The Morgan fingerprint density at radius 2 is 1.71 bits per heavy atom. The Bertz CT molecular complexity index is 97.1. The Balaban J connectivity index is 3.98. The summed E-state index contributed by atoms with van der Waals surface area (Å²) in [6.07, 6.45) is 1.88. The first-order chi connectivity index (χ1) is 3.06. The smallest absolute Gasteiger partial charge is 0.0450 e. The van der Waals surface area contributed by atoms with Crippen molar-refractivity contribution in [3.8, 4) is 0 Å². The maximum atomic E-state index is 3.62. The van der Waals surface area contributed by atoms with Gasteiger partial charge in [-0.15, -0.1) is 6.89 Å². The van der Waals surface area contributed by atoms with Crippen LogP contribution in [0.2, 0.25) is 0 Å². The molecule has 0 spiro atoms. The summed E-state index contributed by atoms with van der Waals surface area (Å²) in [6.45, 7) is 9.74. The highest BCUT2D eigenvalue weighted by molar-refractivity contribution is 7.73. The van der Waals surface area contributed by atoms with Gasteiger partial charge in [0, 0.05) is 0 Å². The Labute approximate surface area is 46.2 Å². The van der Waals surface area contributed by atoms with Crippen molar-refractivity contribution in [3.05, 3.63) is 12.7 Å². The summed E-state index contributed by atoms with van der Waals surface area (Å²) >= 11 is 0. The fraction of sp³-hybridized carbons (Fsp3) is 0.500. The third-order valence-electron chi connectivity index (χ3n) is 0.553. The number of hydrogen-bond donors (Lipinski definition) is 0. The van der Waals surface area contributed by atoms with Gasteiger partial charge in [-0.3, -0.25) is 0 Å². The summed E-state index contributed by atoms with van der Waals surface area (Å²) in [6, 6.07) is 0. The molecule has 0 atom stereocenters. The molecule has 0 saturated heterocycles. The normalized spacial score (nSPS) is 10.7. The molecule has 0 aliphatic rings. The van der Waals surface area contributed by atoms with Gasteiger partial charge in [-0.05, 0) is 20.0 Å². The van der Waals surface area contributed by atoms with Gasteiger partial charge >= 0.3 is 0 Å². The Morgan fingerprint density at radius 1 is 1.29 bits per heavy atom. The first-order valence-corrected chi connectivity index (χ1v) is 5.54. The van der Waals surface area contributed by atoms with Crippen LogP contribution < -0.4 is 0 Å². The van der Waals surface area contributed by atoms with Crippen LogP contribution in [0.5, 0.6) is 0 Å². The van der Waals surface area contributed by atoms with Gasteiger partial charge in [-0.2, -0.15) is 0 Å². The van der Waals surface area contributed by atoms with Crippen LogP contribution in [0.1, 0.15) is 0 Å². The second-order valence-corrected chi connectivity index (χ2v) is 7.03. The average Bonchev–Trinajstić information content (AvgIpc) is 1.30. The van der Waals surface area contributed by atoms with Gasteiger partial charge in [0.25, 0.3) is 0 Å². The SMILES string of the molecule is C=CC=P(C)(C)C. The van der Waals surface area contributed by atoms with Gasteiger partial charge < -0.3 is 0 Å². The molecule has 0 aromatic rings. The summed E-state index contributed by atoms with van der Waals surface area (Å²) in [7, 11) is 0. The molecular formula is C6H13P. The van der Waals surface area contributed by atoms with Crippen molar-refractivity contribution in [2.45, 2.75) is 0 Å². The minimum atomic E-state index is -0.659. The highest BCUT2D eigenvalue weighted by atomic mass is 31.2. The number of hydrogen-bond acceptors (Lipinski definition) is 0. The standard InChI is InChI=1S/C6H13P/c1-5-6-7(2,3)4/h5-6H,1H2,2-4H3. The Morgan fingerprint density at radius 3 is 1.71 bits per heavy atom. The number of rotatable bonds is 1. The van der Waals surface area contributed by atoms with Gasteiger partial charge in [0.15, 0.2) is 0 Å². The topological polar surface area (TPSA) is 0 Å². The van der Waals surface area contributed by atoms with Crippen LogP contribution in [0.4, 0.5) is 0 Å². The molecule has 0 aromatic heterocycles. The first kappa shape index (κ1) is 7.04. The van der Waals surface area contributed by atoms with E-state index in [4.69, 9.17) is 0 Å². The van der Waals surface area contributed by atoms with E-state index in [9.17, 15) is 0 Å². The highest BCUT2D eigenvalue weighted by Crippen LogP contribution is 2.30. The average molecular weight is 116 g/mol. The molecule has 0 heterocycles. The maximum Gasteiger partial charge on any atom is -0.0450 e. The quantitative estimate of drug-likeness (QED) is 0.459. The molecule has 0 unspecified atom stereocenters. The van der Waals surface area contributed by atoms with Crippen molar-refractivity contribution in [3.63, 3.8) is 0 Å². The van der Waals surface area contributed by atoms with Crippen molar-refractivity contribution in [1.82, 2.24) is 0 Å². The van der Waals surface area contributed by atoms with Crippen LogP contribution in [0.3, 0.4) is 0 Å². The first-order valence-electron chi connectivity index (χ1n) is 2.34. The van der Waals surface area contributed by atoms with Crippen LogP contribution in [0, 0.1) is 0 Å². The zero-order chi connectivity index (χ0) is 5.91. The van der Waals surface area contributed by atoms with E-state index in [1.54, 1.807) is 0 Å². The monoisotopic (exact) mass is 116 g/mol. The maximum absolute atomic E-state index is 3.62. The molecule has 0 aliphatic carbocycles. The minimum absolute atomic E-state index is 0.659. The van der Waals surface area contributed by atoms with Crippen LogP contribution in [0.15, 0.2) is 12.7 Å². The van der Waals surface area contributed by atoms with Crippen molar-refractivity contribution in [2.75, 3.05) is 20.0 Å². The lowest BCUT2D eigenvalue weighted by Gasteiger charge is -2.01. The predicted octanol–water partition coefficient (Wildman–Crippen LogP) is 1.88. The molecule has 0 N–H and O–H groups in total. The number of allylic oxidation sites excluding steroid dienone is 1. The summed E-state index contributed by atoms with van der Waals surface area (Å²) < 4.78 is 0. The van der Waals surface area contributed by atoms with Crippen LogP contribution in [0.25, 0.3) is 0 Å². The second kappa shape index (κ2) is 2.37. The summed E-state index contributed by atoms with van der Waals surface area (Å²) in [5.74, 6) is 2.19. The Kier molecular flexibility index (Phi) is 2.39. The van der Waals surface area contributed by atoms with Gasteiger partial charge in [-0.25, -0.2) is 0 Å². The zero-order valence-corrected chi connectivity index (χ0v) is 6.20. The zero-order valence-electron chi connectivity index (χ0n) is 5.31. The molecule has 0 rings (SSSR count). The van der Waals surface area contributed by atoms with Crippen molar-refractivity contribution >= 4 is 12.7 Å². The van der Waals surface area contributed by atoms with Crippen molar-refractivity contribution in [1.29, 1.82) is 0 Å². The van der Waals surface area contributed by atoms with Gasteiger partial charge in [-0.1, -0.05) is 18.5 Å². The molecule has 42 valence electrons. The lowest BCUT2D eigenvalue weighted by molar-refractivity contribution is 2.10. The van der Waals surface area contributed by atoms with E-state index in [1.165, 1.54) is 0 Å². The lowest BCUT2D eigenvalue weighted by atomic mass is 10.8. The van der Waals surface area contributed by atoms with Crippen molar-refractivity contribution in [2.24, 2.45) is 0 Å². The van der Waals surface area contributed by atoms with E-state index in [-0.39, 0.29) is 0 Å². The van der Waals surface area contributed by atoms with Crippen molar-refractivity contribution < 1.29 is 0 Å². The summed E-state index contributed by atoms with van der Waals surface area (Å²) in [5.41, 5.74) is 0. The predicted molar refractivity (Wildman–Crippen MR) is 41.0 cm³/mol. The summed E-state index contributed by atoms with van der Waals surface area (Å²) in [5, 5.41) is 0. The van der Waals surface area contributed by atoms with Gasteiger partial charge in [0.2, 0.25) is 0 Å². The minimum Gasteiger partial charge on any atom is -0.114 e. The Hall–Kier alpha value is 0.0400. The molecule has 0 amide bonds. The van der Waals surface area contributed by atoms with E-state index in [0.29, 0.717) is 0 Å². The molecule has 7 heavy (non-hydrogen) atoms. The molecule has 0 saturated carbocycles. The fourth-order valence-corrected chi connectivity index (χ4v) is 0.949. The summed E-state index contributed by atoms with van der Waals surface area (Å²) in [4.78, 5) is 0. The molecule has 0 fully saturated rings. The van der Waals surface area contributed by atoms with E-state index >= 15 is 0 Å².